The Morgan fingerprint density at radius 3 is 2.42 bits per heavy atom. The van der Waals surface area contributed by atoms with E-state index in [-0.39, 0.29) is 6.10 Å². The number of fused-ring (bicyclic) bond motifs is 1. The molecule has 3 heteroatoms. The van der Waals surface area contributed by atoms with Crippen LogP contribution in [0.1, 0.15) is 22.3 Å². The Balaban J connectivity index is 1.71. The van der Waals surface area contributed by atoms with Crippen molar-refractivity contribution in [2.75, 3.05) is 0 Å². The van der Waals surface area contributed by atoms with Gasteiger partial charge in [0.05, 0.1) is 0 Å². The molecule has 4 rings (SSSR count). The van der Waals surface area contributed by atoms with Gasteiger partial charge in [-0.2, -0.15) is 0 Å². The minimum atomic E-state index is -0.818. The Bertz CT molecular complexity index is 961. The van der Waals surface area contributed by atoms with E-state index in [1.54, 1.807) is 0 Å². The van der Waals surface area contributed by atoms with E-state index in [1.165, 1.54) is 11.6 Å². The van der Waals surface area contributed by atoms with Crippen molar-refractivity contribution in [3.05, 3.63) is 88.5 Å². The minimum Gasteiger partial charge on any atom is -0.489 e. The van der Waals surface area contributed by atoms with Crippen LogP contribution >= 0.6 is 0 Å². The number of aryl methyl sites for hydroxylation is 2. The Hall–Kier alpha value is -2.68. The quantitative estimate of drug-likeness (QED) is 0.580. The van der Waals surface area contributed by atoms with Gasteiger partial charge < -0.3 is 4.74 Å². The molecular weight excluding hydrogens is 330 g/mol. The molecule has 3 aromatic rings. The van der Waals surface area contributed by atoms with Crippen molar-refractivity contribution in [3.8, 4) is 16.9 Å². The van der Waals surface area contributed by atoms with Crippen molar-refractivity contribution >= 4 is 0 Å². The van der Waals surface area contributed by atoms with E-state index in [9.17, 15) is 8.78 Å². The molecular formula is C23H20F2O. The number of benzene rings is 3. The van der Waals surface area contributed by atoms with E-state index in [4.69, 9.17) is 4.74 Å². The molecule has 26 heavy (non-hydrogen) atoms. The van der Waals surface area contributed by atoms with Crippen LogP contribution in [0, 0.1) is 25.5 Å². The van der Waals surface area contributed by atoms with Gasteiger partial charge in [0.25, 0.3) is 0 Å². The topological polar surface area (TPSA) is 9.23 Å². The molecule has 0 fully saturated rings. The lowest BCUT2D eigenvalue weighted by atomic mass is 9.96. The Labute approximate surface area is 152 Å². The third kappa shape index (κ3) is 2.98. The molecule has 0 N–H and O–H groups in total. The van der Waals surface area contributed by atoms with Crippen LogP contribution in [-0.4, -0.2) is 6.10 Å². The largest absolute Gasteiger partial charge is 0.489 e. The van der Waals surface area contributed by atoms with Gasteiger partial charge in [-0.3, -0.25) is 0 Å². The molecule has 1 unspecified atom stereocenters. The zero-order chi connectivity index (χ0) is 18.3. The number of ether oxygens (including phenoxy) is 1. The van der Waals surface area contributed by atoms with E-state index in [0.29, 0.717) is 29.7 Å². The van der Waals surface area contributed by atoms with Gasteiger partial charge in [0.15, 0.2) is 11.6 Å². The summed E-state index contributed by atoms with van der Waals surface area (Å²) in [7, 11) is 0. The fraction of sp³-hybridized carbons (Fsp3) is 0.217. The van der Waals surface area contributed by atoms with Crippen LogP contribution in [0.4, 0.5) is 8.78 Å². The van der Waals surface area contributed by atoms with Crippen LogP contribution in [-0.2, 0) is 12.8 Å². The summed E-state index contributed by atoms with van der Waals surface area (Å²) >= 11 is 0. The maximum Gasteiger partial charge on any atom is 0.165 e. The normalized spacial score (nSPS) is 15.6. The highest BCUT2D eigenvalue weighted by molar-refractivity contribution is 5.75. The molecule has 132 valence electrons. The highest BCUT2D eigenvalue weighted by Crippen LogP contribution is 2.42. The van der Waals surface area contributed by atoms with Crippen LogP contribution in [0.2, 0.25) is 0 Å². The van der Waals surface area contributed by atoms with Gasteiger partial charge in [0, 0.05) is 24.0 Å². The molecule has 0 radical (unpaired) electrons. The van der Waals surface area contributed by atoms with E-state index in [1.807, 2.05) is 38.1 Å². The average Bonchev–Trinajstić information content (AvgIpc) is 3.05. The van der Waals surface area contributed by atoms with Crippen molar-refractivity contribution < 1.29 is 13.5 Å². The van der Waals surface area contributed by atoms with Gasteiger partial charge in [-0.15, -0.1) is 0 Å². The zero-order valence-electron chi connectivity index (χ0n) is 14.9. The Morgan fingerprint density at radius 1 is 0.962 bits per heavy atom. The maximum atomic E-state index is 14.4. The van der Waals surface area contributed by atoms with E-state index >= 15 is 0 Å². The van der Waals surface area contributed by atoms with Gasteiger partial charge in [-0.25, -0.2) is 8.78 Å². The van der Waals surface area contributed by atoms with Crippen LogP contribution < -0.4 is 4.74 Å². The van der Waals surface area contributed by atoms with Gasteiger partial charge in [-0.1, -0.05) is 54.1 Å². The fourth-order valence-corrected chi connectivity index (χ4v) is 3.59. The third-order valence-electron chi connectivity index (χ3n) is 5.00. The smallest absolute Gasteiger partial charge is 0.165 e. The first-order valence-corrected chi connectivity index (χ1v) is 8.82. The van der Waals surface area contributed by atoms with Gasteiger partial charge in [0.2, 0.25) is 0 Å². The van der Waals surface area contributed by atoms with Crippen molar-refractivity contribution in [2.45, 2.75) is 32.8 Å². The lowest BCUT2D eigenvalue weighted by Crippen LogP contribution is -2.16. The van der Waals surface area contributed by atoms with Crippen molar-refractivity contribution in [1.82, 2.24) is 0 Å². The second-order valence-electron chi connectivity index (χ2n) is 6.98. The monoisotopic (exact) mass is 350 g/mol. The Kier molecular flexibility index (Phi) is 4.23. The number of halogens is 2. The molecule has 1 aliphatic rings. The SMILES string of the molecule is Cc1ccc(CC2Cc3c(F)c(F)cc(-c4ccccc4C)c3O2)cc1. The molecule has 0 saturated heterocycles. The fourth-order valence-electron chi connectivity index (χ4n) is 3.59. The first-order valence-electron chi connectivity index (χ1n) is 8.82. The van der Waals surface area contributed by atoms with E-state index in [2.05, 4.69) is 24.3 Å². The summed E-state index contributed by atoms with van der Waals surface area (Å²) in [5.41, 5.74) is 5.18. The molecule has 1 heterocycles. The summed E-state index contributed by atoms with van der Waals surface area (Å²) in [5, 5.41) is 0. The molecule has 1 nitrogen and oxygen atoms in total. The summed E-state index contributed by atoms with van der Waals surface area (Å²) in [6.07, 6.45) is 0.862. The van der Waals surface area contributed by atoms with Gasteiger partial charge in [-0.05, 0) is 36.6 Å². The highest BCUT2D eigenvalue weighted by Gasteiger charge is 2.31. The van der Waals surface area contributed by atoms with E-state index < -0.39 is 11.6 Å². The molecule has 1 aliphatic heterocycles. The van der Waals surface area contributed by atoms with Crippen molar-refractivity contribution in [1.29, 1.82) is 0 Å². The van der Waals surface area contributed by atoms with E-state index in [0.717, 1.165) is 16.7 Å². The molecule has 0 amide bonds. The van der Waals surface area contributed by atoms with Crippen LogP contribution in [0.5, 0.6) is 5.75 Å². The molecule has 0 saturated carbocycles. The molecule has 0 bridgehead atoms. The first-order chi connectivity index (χ1) is 12.5. The molecule has 0 aromatic heterocycles. The third-order valence-corrected chi connectivity index (χ3v) is 5.00. The first kappa shape index (κ1) is 16.8. The highest BCUT2D eigenvalue weighted by atomic mass is 19.2. The molecule has 1 atom stereocenters. The van der Waals surface area contributed by atoms with Crippen LogP contribution in [0.3, 0.4) is 0 Å². The summed E-state index contributed by atoms with van der Waals surface area (Å²) in [4.78, 5) is 0. The predicted molar refractivity (Wildman–Crippen MR) is 99.5 cm³/mol. The number of hydrogen-bond acceptors (Lipinski definition) is 1. The van der Waals surface area contributed by atoms with Gasteiger partial charge >= 0.3 is 0 Å². The Morgan fingerprint density at radius 2 is 1.69 bits per heavy atom. The average molecular weight is 350 g/mol. The summed E-state index contributed by atoms with van der Waals surface area (Å²) < 4.78 is 34.7. The second kappa shape index (κ2) is 6.56. The predicted octanol–water partition coefficient (Wildman–Crippen LogP) is 5.79. The van der Waals surface area contributed by atoms with Crippen molar-refractivity contribution in [3.63, 3.8) is 0 Å². The lowest BCUT2D eigenvalue weighted by molar-refractivity contribution is 0.234. The number of hydrogen-bond donors (Lipinski definition) is 0. The second-order valence-corrected chi connectivity index (χ2v) is 6.98. The lowest BCUT2D eigenvalue weighted by Gasteiger charge is -2.14. The standard InChI is InChI=1S/C23H20F2O/c1-14-7-9-16(10-8-14)11-17-12-20-22(25)21(24)13-19(23(20)26-17)18-6-4-3-5-15(18)2/h3-10,13,17H,11-12H2,1-2H3. The van der Waals surface area contributed by atoms with Crippen molar-refractivity contribution in [2.24, 2.45) is 0 Å². The minimum absolute atomic E-state index is 0.188. The summed E-state index contributed by atoms with van der Waals surface area (Å²) in [5.74, 6) is -1.12. The molecule has 3 aromatic carbocycles. The van der Waals surface area contributed by atoms with Crippen LogP contribution in [0.25, 0.3) is 11.1 Å². The molecule has 0 spiro atoms. The molecule has 0 aliphatic carbocycles. The van der Waals surface area contributed by atoms with Gasteiger partial charge in [0.1, 0.15) is 11.9 Å². The van der Waals surface area contributed by atoms with Crippen LogP contribution in [0.15, 0.2) is 54.6 Å². The summed E-state index contributed by atoms with van der Waals surface area (Å²) in [6, 6.07) is 17.2. The summed E-state index contributed by atoms with van der Waals surface area (Å²) in [6.45, 7) is 4.00. The number of rotatable bonds is 3. The maximum absolute atomic E-state index is 14.4. The zero-order valence-corrected chi connectivity index (χ0v) is 14.9.